The fourth-order valence-corrected chi connectivity index (χ4v) is 2.21. The number of carbonyl (C=O) groups is 1. The van der Waals surface area contributed by atoms with E-state index in [0.29, 0.717) is 12.1 Å². The highest BCUT2D eigenvalue weighted by atomic mass is 19.4. The lowest BCUT2D eigenvalue weighted by Crippen LogP contribution is -2.14. The Kier molecular flexibility index (Phi) is 6.99. The van der Waals surface area contributed by atoms with Gasteiger partial charge in [-0.2, -0.15) is 18.2 Å². The van der Waals surface area contributed by atoms with E-state index < -0.39 is 17.8 Å². The topological polar surface area (TPSA) is 106 Å². The molecule has 1 heterocycles. The lowest BCUT2D eigenvalue weighted by molar-refractivity contribution is -0.141. The SMILES string of the molecule is COC(=O)c1ccc(Nc2cc(C(F)(F)F)nc(NCCCO)n2)cc1OC. The predicted octanol–water partition coefficient (Wildman–Crippen LogP) is 2.83. The van der Waals surface area contributed by atoms with E-state index in [1.807, 2.05) is 0 Å². The molecule has 11 heteroatoms. The lowest BCUT2D eigenvalue weighted by atomic mass is 10.2. The van der Waals surface area contributed by atoms with Crippen LogP contribution in [0.3, 0.4) is 0 Å². The number of rotatable bonds is 8. The van der Waals surface area contributed by atoms with Crippen molar-refractivity contribution >= 4 is 23.4 Å². The average Bonchev–Trinajstić information content (AvgIpc) is 2.66. The van der Waals surface area contributed by atoms with Crippen LogP contribution in [0.15, 0.2) is 24.3 Å². The first-order valence-electron chi connectivity index (χ1n) is 8.13. The number of aliphatic hydroxyl groups is 1. The van der Waals surface area contributed by atoms with E-state index in [1.54, 1.807) is 0 Å². The molecule has 28 heavy (non-hydrogen) atoms. The number of hydrogen-bond acceptors (Lipinski definition) is 8. The van der Waals surface area contributed by atoms with Crippen LogP contribution in [0, 0.1) is 0 Å². The largest absolute Gasteiger partial charge is 0.496 e. The van der Waals surface area contributed by atoms with Gasteiger partial charge in [-0.1, -0.05) is 0 Å². The standard InChI is InChI=1S/C17H19F3N4O4/c1-27-12-8-10(4-5-11(12)15(26)28-2)22-14-9-13(17(18,19)20)23-16(24-14)21-6-3-7-25/h4-5,8-9,25H,3,6-7H2,1-2H3,(H2,21,22,23,24). The Balaban J connectivity index is 2.33. The Morgan fingerprint density at radius 1 is 1.21 bits per heavy atom. The van der Waals surface area contributed by atoms with E-state index in [2.05, 4.69) is 25.3 Å². The van der Waals surface area contributed by atoms with Gasteiger partial charge in [-0.05, 0) is 18.6 Å². The van der Waals surface area contributed by atoms with Gasteiger partial charge in [-0.15, -0.1) is 0 Å². The highest BCUT2D eigenvalue weighted by Crippen LogP contribution is 2.31. The number of anilines is 3. The van der Waals surface area contributed by atoms with E-state index in [4.69, 9.17) is 9.84 Å². The number of methoxy groups -OCH3 is 2. The average molecular weight is 400 g/mol. The minimum atomic E-state index is -4.67. The quantitative estimate of drug-likeness (QED) is 0.459. The maximum Gasteiger partial charge on any atom is 0.433 e. The third-order valence-corrected chi connectivity index (χ3v) is 3.51. The van der Waals surface area contributed by atoms with E-state index in [1.165, 1.54) is 32.4 Å². The normalized spacial score (nSPS) is 11.1. The molecule has 0 aliphatic heterocycles. The van der Waals surface area contributed by atoms with Crippen LogP contribution in [0.5, 0.6) is 5.75 Å². The predicted molar refractivity (Wildman–Crippen MR) is 94.8 cm³/mol. The Morgan fingerprint density at radius 3 is 2.57 bits per heavy atom. The van der Waals surface area contributed by atoms with Gasteiger partial charge in [0.1, 0.15) is 17.1 Å². The number of halogens is 3. The number of carbonyl (C=O) groups excluding carboxylic acids is 1. The maximum atomic E-state index is 13.1. The number of aliphatic hydroxyl groups excluding tert-OH is 1. The summed E-state index contributed by atoms with van der Waals surface area (Å²) in [5.41, 5.74) is -0.618. The van der Waals surface area contributed by atoms with Crippen LogP contribution in [-0.2, 0) is 10.9 Å². The van der Waals surface area contributed by atoms with E-state index in [-0.39, 0.29) is 36.2 Å². The molecule has 0 unspecified atom stereocenters. The molecule has 0 saturated heterocycles. The van der Waals surface area contributed by atoms with Crippen LogP contribution < -0.4 is 15.4 Å². The van der Waals surface area contributed by atoms with Crippen molar-refractivity contribution in [2.24, 2.45) is 0 Å². The van der Waals surface area contributed by atoms with Gasteiger partial charge in [0.2, 0.25) is 5.95 Å². The molecule has 0 spiro atoms. The van der Waals surface area contributed by atoms with Gasteiger partial charge in [0, 0.05) is 31.0 Å². The maximum absolute atomic E-state index is 13.1. The molecular formula is C17H19F3N4O4. The summed E-state index contributed by atoms with van der Waals surface area (Å²) in [6, 6.07) is 5.08. The summed E-state index contributed by atoms with van der Waals surface area (Å²) in [4.78, 5) is 19.1. The Labute approximate surface area is 158 Å². The molecule has 0 bridgehead atoms. The minimum Gasteiger partial charge on any atom is -0.496 e. The monoisotopic (exact) mass is 400 g/mol. The molecule has 0 amide bonds. The molecule has 152 valence electrons. The zero-order chi connectivity index (χ0) is 20.7. The number of benzene rings is 1. The molecule has 0 radical (unpaired) electrons. The number of ether oxygens (including phenoxy) is 2. The molecule has 3 N–H and O–H groups in total. The summed E-state index contributed by atoms with van der Waals surface area (Å²) in [7, 11) is 2.57. The molecule has 1 aromatic heterocycles. The molecule has 2 aromatic rings. The molecule has 0 fully saturated rings. The first-order valence-corrected chi connectivity index (χ1v) is 8.13. The third kappa shape index (κ3) is 5.46. The smallest absolute Gasteiger partial charge is 0.433 e. The molecule has 0 atom stereocenters. The zero-order valence-corrected chi connectivity index (χ0v) is 15.1. The van der Waals surface area contributed by atoms with Crippen LogP contribution in [-0.4, -0.2) is 48.4 Å². The first-order chi connectivity index (χ1) is 13.3. The van der Waals surface area contributed by atoms with Crippen molar-refractivity contribution in [3.05, 3.63) is 35.5 Å². The summed E-state index contributed by atoms with van der Waals surface area (Å²) in [5, 5.41) is 14.2. The van der Waals surface area contributed by atoms with Gasteiger partial charge in [-0.3, -0.25) is 0 Å². The molecule has 1 aromatic carbocycles. The van der Waals surface area contributed by atoms with Crippen LogP contribution in [0.25, 0.3) is 0 Å². The fraction of sp³-hybridized carbons (Fsp3) is 0.353. The highest BCUT2D eigenvalue weighted by Gasteiger charge is 2.33. The van der Waals surface area contributed by atoms with Crippen LogP contribution in [0.4, 0.5) is 30.6 Å². The number of alkyl halides is 3. The highest BCUT2D eigenvalue weighted by molar-refractivity contribution is 5.93. The summed E-state index contributed by atoms with van der Waals surface area (Å²) in [6.45, 7) is 0.0856. The summed E-state index contributed by atoms with van der Waals surface area (Å²) in [6.07, 6.45) is -4.34. The second-order valence-electron chi connectivity index (χ2n) is 5.50. The fourth-order valence-electron chi connectivity index (χ4n) is 2.21. The number of esters is 1. The number of aromatic nitrogens is 2. The van der Waals surface area contributed by atoms with E-state index in [9.17, 15) is 18.0 Å². The Bertz CT molecular complexity index is 831. The summed E-state index contributed by atoms with van der Waals surface area (Å²) < 4.78 is 49.1. The second-order valence-corrected chi connectivity index (χ2v) is 5.50. The number of nitrogens with zero attached hydrogens (tertiary/aromatic N) is 2. The van der Waals surface area contributed by atoms with Crippen LogP contribution in [0.2, 0.25) is 0 Å². The van der Waals surface area contributed by atoms with Gasteiger partial charge < -0.3 is 25.2 Å². The molecule has 0 aliphatic rings. The molecule has 0 saturated carbocycles. The summed E-state index contributed by atoms with van der Waals surface area (Å²) >= 11 is 0. The van der Waals surface area contributed by atoms with Gasteiger partial charge >= 0.3 is 12.1 Å². The van der Waals surface area contributed by atoms with Gasteiger partial charge in [0.15, 0.2) is 5.69 Å². The molecule has 2 rings (SSSR count). The molecule has 0 aliphatic carbocycles. The van der Waals surface area contributed by atoms with Crippen molar-refractivity contribution in [1.82, 2.24) is 9.97 Å². The Hall–Kier alpha value is -3.08. The first kappa shape index (κ1) is 21.2. The third-order valence-electron chi connectivity index (χ3n) is 3.51. The van der Waals surface area contributed by atoms with Gasteiger partial charge in [-0.25, -0.2) is 9.78 Å². The van der Waals surface area contributed by atoms with E-state index in [0.717, 1.165) is 6.07 Å². The Morgan fingerprint density at radius 2 is 1.96 bits per heavy atom. The van der Waals surface area contributed by atoms with Crippen molar-refractivity contribution in [2.75, 3.05) is 38.0 Å². The number of nitrogens with one attached hydrogen (secondary N) is 2. The minimum absolute atomic E-state index is 0.110. The van der Waals surface area contributed by atoms with Crippen molar-refractivity contribution in [3.8, 4) is 5.75 Å². The van der Waals surface area contributed by atoms with Gasteiger partial charge in [0.25, 0.3) is 0 Å². The van der Waals surface area contributed by atoms with Crippen LogP contribution in [0.1, 0.15) is 22.5 Å². The van der Waals surface area contributed by atoms with Gasteiger partial charge in [0.05, 0.1) is 14.2 Å². The number of hydrogen-bond donors (Lipinski definition) is 3. The zero-order valence-electron chi connectivity index (χ0n) is 15.1. The van der Waals surface area contributed by atoms with E-state index >= 15 is 0 Å². The molecular weight excluding hydrogens is 381 g/mol. The summed E-state index contributed by atoms with van der Waals surface area (Å²) in [5.74, 6) is -0.769. The molecule has 8 nitrogen and oxygen atoms in total. The van der Waals surface area contributed by atoms with Crippen molar-refractivity contribution < 1.29 is 32.5 Å². The van der Waals surface area contributed by atoms with Crippen molar-refractivity contribution in [1.29, 1.82) is 0 Å². The lowest BCUT2D eigenvalue weighted by Gasteiger charge is -2.14. The van der Waals surface area contributed by atoms with Crippen molar-refractivity contribution in [3.63, 3.8) is 0 Å². The second kappa shape index (κ2) is 9.22. The van der Waals surface area contributed by atoms with Crippen molar-refractivity contribution in [2.45, 2.75) is 12.6 Å². The van der Waals surface area contributed by atoms with Crippen LogP contribution >= 0.6 is 0 Å².